The minimum atomic E-state index is -0.358. The van der Waals surface area contributed by atoms with E-state index in [0.717, 1.165) is 4.47 Å². The predicted octanol–water partition coefficient (Wildman–Crippen LogP) is 5.39. The van der Waals surface area contributed by atoms with Crippen LogP contribution in [-0.2, 0) is 6.54 Å². The minimum Gasteiger partial charge on any atom is -0.493 e. The van der Waals surface area contributed by atoms with E-state index < -0.39 is 0 Å². The van der Waals surface area contributed by atoms with Crippen molar-refractivity contribution in [2.75, 3.05) is 0 Å². The highest BCUT2D eigenvalue weighted by molar-refractivity contribution is 9.11. The maximum Gasteiger partial charge on any atom is 0.221 e. The van der Waals surface area contributed by atoms with Crippen LogP contribution < -0.4 is 5.73 Å². The summed E-state index contributed by atoms with van der Waals surface area (Å²) in [6.07, 6.45) is 0. The van der Waals surface area contributed by atoms with Crippen LogP contribution in [0.4, 0.5) is 10.1 Å². The second-order valence-corrected chi connectivity index (χ2v) is 7.36. The molecule has 3 aromatic rings. The molecule has 25 heavy (non-hydrogen) atoms. The summed E-state index contributed by atoms with van der Waals surface area (Å²) >= 11 is 11.6. The molecule has 9 heteroatoms. The lowest BCUT2D eigenvalue weighted by atomic mass is 10.2. The molecule has 0 saturated heterocycles. The standard InChI is InChI=1S/C16H11Br2FN4OS/c17-9-5-10-13(21-22-16(20)25)15(24)23(14(10)11(18)6-9)7-8-3-1-2-4-12(8)19/h1-6,24H,7H2,(H2,20,25). The van der Waals surface area contributed by atoms with Gasteiger partial charge in [-0.1, -0.05) is 34.1 Å². The molecule has 1 aromatic heterocycles. The summed E-state index contributed by atoms with van der Waals surface area (Å²) < 4.78 is 17.1. The third-order valence-electron chi connectivity index (χ3n) is 3.56. The fourth-order valence-electron chi connectivity index (χ4n) is 2.52. The molecule has 0 aliphatic heterocycles. The molecular weight excluding hydrogens is 475 g/mol. The van der Waals surface area contributed by atoms with E-state index in [1.807, 2.05) is 6.07 Å². The van der Waals surface area contributed by atoms with Crippen molar-refractivity contribution in [3.8, 4) is 5.88 Å². The van der Waals surface area contributed by atoms with Crippen LogP contribution in [0.15, 0.2) is 55.6 Å². The summed E-state index contributed by atoms with van der Waals surface area (Å²) in [4.78, 5) is 0. The first-order valence-corrected chi connectivity index (χ1v) is 9.02. The second kappa shape index (κ2) is 7.19. The van der Waals surface area contributed by atoms with Gasteiger partial charge in [0.1, 0.15) is 5.82 Å². The number of thiocarbonyl (C=S) groups is 1. The maximum absolute atomic E-state index is 14.0. The van der Waals surface area contributed by atoms with Crippen molar-refractivity contribution in [2.45, 2.75) is 6.54 Å². The van der Waals surface area contributed by atoms with Crippen LogP contribution in [0.2, 0.25) is 0 Å². The van der Waals surface area contributed by atoms with Crippen LogP contribution in [-0.4, -0.2) is 14.8 Å². The van der Waals surface area contributed by atoms with Crippen LogP contribution >= 0.6 is 44.1 Å². The Labute approximate surface area is 164 Å². The number of fused-ring (bicyclic) bond motifs is 1. The van der Waals surface area contributed by atoms with Gasteiger partial charge in [0.25, 0.3) is 0 Å². The average molecular weight is 486 g/mol. The quantitative estimate of drug-likeness (QED) is 0.386. The zero-order chi connectivity index (χ0) is 18.1. The van der Waals surface area contributed by atoms with Gasteiger partial charge in [0, 0.05) is 19.9 Å². The van der Waals surface area contributed by atoms with Crippen molar-refractivity contribution in [3.63, 3.8) is 0 Å². The van der Waals surface area contributed by atoms with Crippen LogP contribution in [0.3, 0.4) is 0 Å². The molecule has 128 valence electrons. The number of benzene rings is 2. The number of nitrogens with zero attached hydrogens (tertiary/aromatic N) is 3. The van der Waals surface area contributed by atoms with Crippen LogP contribution in [0.5, 0.6) is 5.88 Å². The molecular formula is C16H11Br2FN4OS. The van der Waals surface area contributed by atoms with Gasteiger partial charge in [-0.2, -0.15) is 0 Å². The van der Waals surface area contributed by atoms with E-state index in [4.69, 9.17) is 18.0 Å². The van der Waals surface area contributed by atoms with Gasteiger partial charge < -0.3 is 15.4 Å². The smallest absolute Gasteiger partial charge is 0.221 e. The molecule has 0 aliphatic rings. The Morgan fingerprint density at radius 2 is 2.00 bits per heavy atom. The normalized spacial score (nSPS) is 11.5. The van der Waals surface area contributed by atoms with E-state index in [9.17, 15) is 9.50 Å². The maximum atomic E-state index is 14.0. The summed E-state index contributed by atoms with van der Waals surface area (Å²) in [7, 11) is 0. The molecule has 0 saturated carbocycles. The number of nitrogens with two attached hydrogens (primary N) is 1. The number of halogens is 3. The Morgan fingerprint density at radius 3 is 2.68 bits per heavy atom. The van der Waals surface area contributed by atoms with Gasteiger partial charge >= 0.3 is 0 Å². The molecule has 0 radical (unpaired) electrons. The van der Waals surface area contributed by atoms with E-state index in [1.165, 1.54) is 6.07 Å². The first-order valence-electron chi connectivity index (χ1n) is 7.03. The van der Waals surface area contributed by atoms with Gasteiger partial charge in [0.2, 0.25) is 11.0 Å². The van der Waals surface area contributed by atoms with Crippen molar-refractivity contribution in [2.24, 2.45) is 16.0 Å². The van der Waals surface area contributed by atoms with E-state index >= 15 is 0 Å². The molecule has 0 fully saturated rings. The average Bonchev–Trinajstić information content (AvgIpc) is 2.79. The minimum absolute atomic E-state index is 0.123. The number of rotatable bonds is 3. The predicted molar refractivity (Wildman–Crippen MR) is 106 cm³/mol. The van der Waals surface area contributed by atoms with E-state index in [-0.39, 0.29) is 29.0 Å². The number of aromatic hydroxyl groups is 1. The van der Waals surface area contributed by atoms with Gasteiger partial charge in [-0.15, -0.1) is 10.2 Å². The molecule has 0 amide bonds. The fourth-order valence-corrected chi connectivity index (χ4v) is 4.00. The summed E-state index contributed by atoms with van der Waals surface area (Å²) in [5, 5.41) is 18.7. The van der Waals surface area contributed by atoms with Crippen molar-refractivity contribution in [1.82, 2.24) is 4.57 Å². The van der Waals surface area contributed by atoms with Gasteiger partial charge in [-0.25, -0.2) is 4.39 Å². The highest BCUT2D eigenvalue weighted by Crippen LogP contribution is 2.43. The molecule has 0 unspecified atom stereocenters. The van der Waals surface area contributed by atoms with E-state index in [2.05, 4.69) is 42.1 Å². The SMILES string of the molecule is NC(=S)N=Nc1c(O)n(Cc2ccccc2F)c2c(Br)cc(Br)cc12. The molecule has 2 aromatic carbocycles. The van der Waals surface area contributed by atoms with E-state index in [0.29, 0.717) is 20.9 Å². The first-order chi connectivity index (χ1) is 11.9. The number of hydrogen-bond donors (Lipinski definition) is 2. The van der Waals surface area contributed by atoms with Crippen molar-refractivity contribution in [1.29, 1.82) is 0 Å². The van der Waals surface area contributed by atoms with Gasteiger partial charge in [0.15, 0.2) is 5.69 Å². The summed E-state index contributed by atoms with van der Waals surface area (Å²) in [6.45, 7) is 0.123. The number of hydrogen-bond acceptors (Lipinski definition) is 3. The lowest BCUT2D eigenvalue weighted by Gasteiger charge is -2.09. The third-order valence-corrected chi connectivity index (χ3v) is 4.70. The lowest BCUT2D eigenvalue weighted by molar-refractivity contribution is 0.428. The van der Waals surface area contributed by atoms with Crippen molar-refractivity contribution >= 4 is 65.8 Å². The van der Waals surface area contributed by atoms with E-state index in [1.54, 1.807) is 28.8 Å². The number of aromatic nitrogens is 1. The Morgan fingerprint density at radius 1 is 1.28 bits per heavy atom. The zero-order valence-corrected chi connectivity index (χ0v) is 16.6. The molecule has 0 aliphatic carbocycles. The molecule has 3 N–H and O–H groups in total. The second-order valence-electron chi connectivity index (χ2n) is 5.17. The van der Waals surface area contributed by atoms with Crippen LogP contribution in [0.25, 0.3) is 10.9 Å². The highest BCUT2D eigenvalue weighted by Gasteiger charge is 2.20. The Kier molecular flexibility index (Phi) is 5.16. The molecule has 5 nitrogen and oxygen atoms in total. The zero-order valence-electron chi connectivity index (χ0n) is 12.6. The fraction of sp³-hybridized carbons (Fsp3) is 0.0625. The summed E-state index contributed by atoms with van der Waals surface area (Å²) in [5.41, 5.74) is 6.65. The summed E-state index contributed by atoms with van der Waals surface area (Å²) in [5.74, 6) is -0.514. The monoisotopic (exact) mass is 484 g/mol. The molecule has 0 spiro atoms. The highest BCUT2D eigenvalue weighted by atomic mass is 79.9. The summed E-state index contributed by atoms with van der Waals surface area (Å²) in [6, 6.07) is 9.99. The van der Waals surface area contributed by atoms with Crippen LogP contribution in [0, 0.1) is 5.82 Å². The number of azo groups is 1. The lowest BCUT2D eigenvalue weighted by Crippen LogP contribution is -2.02. The topological polar surface area (TPSA) is 75.9 Å². The van der Waals surface area contributed by atoms with Crippen molar-refractivity contribution in [3.05, 3.63) is 56.7 Å². The Hall–Kier alpha value is -1.84. The largest absolute Gasteiger partial charge is 0.493 e. The molecule has 0 atom stereocenters. The van der Waals surface area contributed by atoms with Gasteiger partial charge in [0.05, 0.1) is 12.1 Å². The molecule has 1 heterocycles. The van der Waals surface area contributed by atoms with Crippen molar-refractivity contribution < 1.29 is 9.50 Å². The first kappa shape index (κ1) is 18.0. The third kappa shape index (κ3) is 3.58. The molecule has 3 rings (SSSR count). The molecule has 0 bridgehead atoms. The Bertz CT molecular complexity index is 1020. The van der Waals surface area contributed by atoms with Crippen LogP contribution in [0.1, 0.15) is 5.56 Å². The van der Waals surface area contributed by atoms with Gasteiger partial charge in [-0.05, 0) is 46.3 Å². The van der Waals surface area contributed by atoms with Gasteiger partial charge in [-0.3, -0.25) is 0 Å². The Balaban J connectivity index is 2.26.